The number of thiazole rings is 1. The highest BCUT2D eigenvalue weighted by Gasteiger charge is 2.15. The molecule has 1 aromatic carbocycles. The third-order valence-corrected chi connectivity index (χ3v) is 4.60. The topological polar surface area (TPSA) is 85.4 Å². The normalized spacial score (nSPS) is 11.8. The van der Waals surface area contributed by atoms with Crippen molar-refractivity contribution in [3.63, 3.8) is 0 Å². The molecule has 3 rings (SSSR count). The molecule has 3 aromatic rings. The van der Waals surface area contributed by atoms with Crippen LogP contribution in [-0.4, -0.2) is 30.2 Å². The number of rotatable bonds is 5. The van der Waals surface area contributed by atoms with Crippen LogP contribution >= 0.6 is 11.3 Å². The van der Waals surface area contributed by atoms with Crippen LogP contribution < -0.4 is 20.1 Å². The number of benzene rings is 1. The third kappa shape index (κ3) is 3.80. The molecule has 2 N–H and O–H groups in total. The Morgan fingerprint density at radius 1 is 1.24 bits per heavy atom. The van der Waals surface area contributed by atoms with Crippen LogP contribution in [-0.2, 0) is 0 Å². The van der Waals surface area contributed by atoms with Crippen LogP contribution in [0.1, 0.15) is 18.5 Å². The number of urea groups is 1. The van der Waals surface area contributed by atoms with Crippen LogP contribution in [0.5, 0.6) is 11.5 Å². The van der Waals surface area contributed by atoms with Gasteiger partial charge in [-0.05, 0) is 31.2 Å². The van der Waals surface area contributed by atoms with Crippen LogP contribution in [0.15, 0.2) is 36.7 Å². The molecule has 8 heteroatoms. The van der Waals surface area contributed by atoms with Gasteiger partial charge in [-0.3, -0.25) is 10.3 Å². The van der Waals surface area contributed by atoms with Gasteiger partial charge in [0.2, 0.25) is 0 Å². The number of methoxy groups -OCH3 is 2. The van der Waals surface area contributed by atoms with E-state index in [1.54, 1.807) is 26.6 Å². The van der Waals surface area contributed by atoms with Crippen LogP contribution in [0, 0.1) is 0 Å². The lowest BCUT2D eigenvalue weighted by atomic mass is 10.1. The first kappa shape index (κ1) is 17.0. The zero-order valence-corrected chi connectivity index (χ0v) is 14.9. The van der Waals surface area contributed by atoms with Crippen LogP contribution in [0.4, 0.5) is 9.93 Å². The Balaban J connectivity index is 1.70. The molecule has 2 amide bonds. The molecule has 130 valence electrons. The van der Waals surface area contributed by atoms with E-state index in [2.05, 4.69) is 20.6 Å². The van der Waals surface area contributed by atoms with Crippen molar-refractivity contribution in [1.29, 1.82) is 0 Å². The Bertz CT molecular complexity index is 896. The number of aromatic nitrogens is 2. The molecule has 0 saturated carbocycles. The number of amides is 2. The Hall–Kier alpha value is -2.87. The maximum atomic E-state index is 12.3. The number of fused-ring (bicyclic) bond motifs is 1. The summed E-state index contributed by atoms with van der Waals surface area (Å²) < 4.78 is 11.4. The summed E-state index contributed by atoms with van der Waals surface area (Å²) >= 11 is 1.39. The lowest BCUT2D eigenvalue weighted by Crippen LogP contribution is -2.31. The largest absolute Gasteiger partial charge is 0.497 e. The minimum atomic E-state index is -0.336. The van der Waals surface area contributed by atoms with Gasteiger partial charge in [-0.1, -0.05) is 11.3 Å². The van der Waals surface area contributed by atoms with Crippen molar-refractivity contribution in [1.82, 2.24) is 15.3 Å². The smallest absolute Gasteiger partial charge is 0.321 e. The first-order chi connectivity index (χ1) is 12.1. The van der Waals surface area contributed by atoms with E-state index in [1.165, 1.54) is 11.3 Å². The lowest BCUT2D eigenvalue weighted by Gasteiger charge is -2.16. The van der Waals surface area contributed by atoms with E-state index < -0.39 is 0 Å². The molecule has 0 aliphatic heterocycles. The van der Waals surface area contributed by atoms with Crippen LogP contribution in [0.25, 0.3) is 10.2 Å². The predicted octanol–water partition coefficient (Wildman–Crippen LogP) is 3.59. The van der Waals surface area contributed by atoms with Crippen molar-refractivity contribution in [3.8, 4) is 11.5 Å². The zero-order valence-electron chi connectivity index (χ0n) is 14.1. The molecular weight excluding hydrogens is 340 g/mol. The SMILES string of the molecule is COc1ccc2nc(NC(=O)NC(C)c3ccncc3OC)sc2c1. The van der Waals surface area contributed by atoms with Crippen molar-refractivity contribution in [2.24, 2.45) is 0 Å². The highest BCUT2D eigenvalue weighted by atomic mass is 32.1. The zero-order chi connectivity index (χ0) is 17.8. The summed E-state index contributed by atoms with van der Waals surface area (Å²) in [6.45, 7) is 1.88. The Labute approximate surface area is 149 Å². The highest BCUT2D eigenvalue weighted by molar-refractivity contribution is 7.22. The van der Waals surface area contributed by atoms with Crippen molar-refractivity contribution in [2.45, 2.75) is 13.0 Å². The van der Waals surface area contributed by atoms with Gasteiger partial charge >= 0.3 is 6.03 Å². The summed E-state index contributed by atoms with van der Waals surface area (Å²) in [4.78, 5) is 20.7. The molecule has 25 heavy (non-hydrogen) atoms. The number of nitrogens with zero attached hydrogens (tertiary/aromatic N) is 2. The number of hydrogen-bond donors (Lipinski definition) is 2. The lowest BCUT2D eigenvalue weighted by molar-refractivity contribution is 0.249. The summed E-state index contributed by atoms with van der Waals surface area (Å²) in [7, 11) is 3.19. The second kappa shape index (κ2) is 7.35. The van der Waals surface area contributed by atoms with E-state index in [-0.39, 0.29) is 12.1 Å². The van der Waals surface area contributed by atoms with Crippen molar-refractivity contribution in [3.05, 3.63) is 42.2 Å². The van der Waals surface area contributed by atoms with Gasteiger partial charge in [-0.15, -0.1) is 0 Å². The van der Waals surface area contributed by atoms with Gasteiger partial charge < -0.3 is 14.8 Å². The molecule has 0 aliphatic carbocycles. The van der Waals surface area contributed by atoms with E-state index >= 15 is 0 Å². The Morgan fingerprint density at radius 3 is 2.84 bits per heavy atom. The molecule has 0 saturated heterocycles. The minimum absolute atomic E-state index is 0.243. The summed E-state index contributed by atoms with van der Waals surface area (Å²) in [5.41, 5.74) is 1.66. The number of carbonyl (C=O) groups excluding carboxylic acids is 1. The Kier molecular flexibility index (Phi) is 4.99. The fraction of sp³-hybridized carbons (Fsp3) is 0.235. The molecule has 2 heterocycles. The standard InChI is InChI=1S/C17H18N4O3S/c1-10(12-6-7-18-9-14(12)24-3)19-16(22)21-17-20-13-5-4-11(23-2)8-15(13)25-17/h4-10H,1-3H3,(H2,19,20,21,22). The van der Waals surface area contributed by atoms with Gasteiger partial charge in [0.05, 0.1) is 36.7 Å². The van der Waals surface area contributed by atoms with Gasteiger partial charge in [-0.25, -0.2) is 9.78 Å². The first-order valence-corrected chi connectivity index (χ1v) is 8.42. The molecule has 0 bridgehead atoms. The molecule has 0 fully saturated rings. The average Bonchev–Trinajstić information content (AvgIpc) is 3.02. The number of nitrogens with one attached hydrogen (secondary N) is 2. The maximum Gasteiger partial charge on any atom is 0.321 e. The molecule has 1 atom stereocenters. The molecule has 0 radical (unpaired) electrons. The maximum absolute atomic E-state index is 12.3. The number of hydrogen-bond acceptors (Lipinski definition) is 6. The summed E-state index contributed by atoms with van der Waals surface area (Å²) in [6, 6.07) is 6.82. The average molecular weight is 358 g/mol. The van der Waals surface area contributed by atoms with E-state index in [0.29, 0.717) is 10.9 Å². The molecule has 0 aliphatic rings. The van der Waals surface area contributed by atoms with Crippen molar-refractivity contribution >= 4 is 32.7 Å². The molecule has 1 unspecified atom stereocenters. The highest BCUT2D eigenvalue weighted by Crippen LogP contribution is 2.29. The van der Waals surface area contributed by atoms with Crippen LogP contribution in [0.3, 0.4) is 0 Å². The molecule has 2 aromatic heterocycles. The fourth-order valence-electron chi connectivity index (χ4n) is 2.41. The van der Waals surface area contributed by atoms with Gasteiger partial charge in [0.25, 0.3) is 0 Å². The number of ether oxygens (including phenoxy) is 2. The Morgan fingerprint density at radius 2 is 2.08 bits per heavy atom. The first-order valence-electron chi connectivity index (χ1n) is 7.60. The molecular formula is C17H18N4O3S. The van der Waals surface area contributed by atoms with Crippen LogP contribution in [0.2, 0.25) is 0 Å². The minimum Gasteiger partial charge on any atom is -0.497 e. The van der Waals surface area contributed by atoms with Gasteiger partial charge in [0, 0.05) is 11.8 Å². The monoisotopic (exact) mass is 358 g/mol. The van der Waals surface area contributed by atoms with E-state index in [9.17, 15) is 4.79 Å². The third-order valence-electron chi connectivity index (χ3n) is 3.67. The van der Waals surface area contributed by atoms with Gasteiger partial charge in [-0.2, -0.15) is 0 Å². The summed E-state index contributed by atoms with van der Waals surface area (Å²) in [6.07, 6.45) is 3.28. The van der Waals surface area contributed by atoms with Crippen molar-refractivity contribution in [2.75, 3.05) is 19.5 Å². The number of carbonyl (C=O) groups is 1. The molecule has 7 nitrogen and oxygen atoms in total. The van der Waals surface area contributed by atoms with E-state index in [4.69, 9.17) is 9.47 Å². The van der Waals surface area contributed by atoms with E-state index in [0.717, 1.165) is 21.5 Å². The fourth-order valence-corrected chi connectivity index (χ4v) is 3.30. The second-order valence-corrected chi connectivity index (χ2v) is 6.32. The quantitative estimate of drug-likeness (QED) is 0.728. The number of anilines is 1. The number of pyridine rings is 1. The van der Waals surface area contributed by atoms with Gasteiger partial charge in [0.1, 0.15) is 11.5 Å². The molecule has 0 spiro atoms. The van der Waals surface area contributed by atoms with E-state index in [1.807, 2.05) is 31.2 Å². The summed E-state index contributed by atoms with van der Waals surface area (Å²) in [5.74, 6) is 1.38. The second-order valence-electron chi connectivity index (χ2n) is 5.29. The van der Waals surface area contributed by atoms with Gasteiger partial charge in [0.15, 0.2) is 5.13 Å². The van der Waals surface area contributed by atoms with Crippen molar-refractivity contribution < 1.29 is 14.3 Å². The predicted molar refractivity (Wildman–Crippen MR) is 97.5 cm³/mol. The summed E-state index contributed by atoms with van der Waals surface area (Å²) in [5, 5.41) is 6.16.